The molecule has 0 radical (unpaired) electrons. The number of nitrogens with zero attached hydrogens (tertiary/aromatic N) is 4. The largest absolute Gasteiger partial charge is 0.504 e. The molecule has 248 valence electrons. The number of aromatic nitrogens is 1. The molecule has 0 saturated carbocycles. The van der Waals surface area contributed by atoms with Crippen LogP contribution in [0.4, 0.5) is 0 Å². The number of phenolic OH excluding ortho intramolecular Hbond substituents is 1. The molecule has 2 unspecified atom stereocenters. The van der Waals surface area contributed by atoms with Crippen LogP contribution in [0.3, 0.4) is 0 Å². The highest BCUT2D eigenvalue weighted by atomic mass is 16.5. The van der Waals surface area contributed by atoms with E-state index in [1.807, 2.05) is 44.3 Å². The number of rotatable bonds is 12. The van der Waals surface area contributed by atoms with Crippen LogP contribution in [0.1, 0.15) is 41.8 Å². The average molecular weight is 640 g/mol. The van der Waals surface area contributed by atoms with Crippen LogP contribution < -0.4 is 9.47 Å². The Morgan fingerprint density at radius 2 is 1.81 bits per heavy atom. The number of methoxy groups -OCH3 is 1. The first-order valence-electron chi connectivity index (χ1n) is 16.3. The molecule has 10 heteroatoms. The zero-order valence-electron chi connectivity index (χ0n) is 27.9. The van der Waals surface area contributed by atoms with E-state index in [9.17, 15) is 14.7 Å². The van der Waals surface area contributed by atoms with Gasteiger partial charge < -0.3 is 39.2 Å². The summed E-state index contributed by atoms with van der Waals surface area (Å²) in [5.41, 5.74) is 4.81. The van der Waals surface area contributed by atoms with Crippen LogP contribution in [-0.2, 0) is 22.6 Å². The van der Waals surface area contributed by atoms with Gasteiger partial charge in [0.2, 0.25) is 11.8 Å². The van der Waals surface area contributed by atoms with Gasteiger partial charge in [-0.3, -0.25) is 9.59 Å². The van der Waals surface area contributed by atoms with Gasteiger partial charge in [-0.2, -0.15) is 0 Å². The quantitative estimate of drug-likeness (QED) is 0.222. The Labute approximate surface area is 276 Å². The lowest BCUT2D eigenvalue weighted by molar-refractivity contribution is -0.160. The molecule has 3 atom stereocenters. The van der Waals surface area contributed by atoms with Crippen molar-refractivity contribution in [1.29, 1.82) is 0 Å². The molecule has 0 spiro atoms. The molecule has 10 nitrogen and oxygen atoms in total. The average Bonchev–Trinajstić information content (AvgIpc) is 3.43. The molecule has 1 saturated heterocycles. The van der Waals surface area contributed by atoms with Gasteiger partial charge in [-0.25, -0.2) is 0 Å². The van der Waals surface area contributed by atoms with Crippen LogP contribution in [0.2, 0.25) is 0 Å². The summed E-state index contributed by atoms with van der Waals surface area (Å²) in [5.74, 6) is 1.05. The third-order valence-corrected chi connectivity index (χ3v) is 9.31. The van der Waals surface area contributed by atoms with Crippen molar-refractivity contribution in [3.05, 3.63) is 89.1 Å². The number of aromatic hydroxyl groups is 1. The van der Waals surface area contributed by atoms with Gasteiger partial charge in [0, 0.05) is 48.7 Å². The van der Waals surface area contributed by atoms with Gasteiger partial charge in [0.05, 0.1) is 19.8 Å². The minimum atomic E-state index is -0.647. The highest BCUT2D eigenvalue weighted by Crippen LogP contribution is 2.44. The lowest BCUT2D eigenvalue weighted by Crippen LogP contribution is -2.65. The van der Waals surface area contributed by atoms with Gasteiger partial charge in [-0.05, 0) is 81.5 Å². The molecule has 3 heterocycles. The van der Waals surface area contributed by atoms with Gasteiger partial charge in [0.25, 0.3) is 0 Å². The molecule has 3 aromatic carbocycles. The predicted octanol–water partition coefficient (Wildman–Crippen LogP) is 4.42. The van der Waals surface area contributed by atoms with Crippen molar-refractivity contribution in [2.75, 3.05) is 54.5 Å². The first kappa shape index (κ1) is 32.4. The molecule has 2 aliphatic rings. The number of piperazine rings is 1. The third kappa shape index (κ3) is 6.66. The molecule has 47 heavy (non-hydrogen) atoms. The molecule has 1 fully saturated rings. The van der Waals surface area contributed by atoms with E-state index in [1.54, 1.807) is 28.0 Å². The lowest BCUT2D eigenvalue weighted by atomic mass is 9.86. The number of benzene rings is 3. The molecule has 0 aliphatic carbocycles. The Kier molecular flexibility index (Phi) is 9.42. The van der Waals surface area contributed by atoms with Gasteiger partial charge >= 0.3 is 0 Å². The van der Waals surface area contributed by atoms with Crippen molar-refractivity contribution in [1.82, 2.24) is 24.6 Å². The Balaban J connectivity index is 1.19. The van der Waals surface area contributed by atoms with E-state index in [0.717, 1.165) is 52.0 Å². The Morgan fingerprint density at radius 3 is 2.55 bits per heavy atom. The van der Waals surface area contributed by atoms with Crippen molar-refractivity contribution >= 4 is 22.7 Å². The number of carbonyl (C=O) groups excluding carboxylic acids is 2. The summed E-state index contributed by atoms with van der Waals surface area (Å²) in [6.07, 6.45) is 1.40. The number of para-hydroxylation sites is 1. The number of amides is 2. The number of hydrogen-bond donors (Lipinski definition) is 2. The van der Waals surface area contributed by atoms with Crippen molar-refractivity contribution in [2.45, 2.75) is 44.4 Å². The second-order valence-corrected chi connectivity index (χ2v) is 13.1. The minimum absolute atomic E-state index is 0.00544. The van der Waals surface area contributed by atoms with E-state index in [0.29, 0.717) is 31.9 Å². The number of aromatic amines is 1. The molecule has 6 rings (SSSR count). The fourth-order valence-corrected chi connectivity index (χ4v) is 7.06. The van der Waals surface area contributed by atoms with Crippen LogP contribution in [0.25, 0.3) is 10.9 Å². The predicted molar refractivity (Wildman–Crippen MR) is 182 cm³/mol. The Morgan fingerprint density at radius 1 is 1.04 bits per heavy atom. The fraction of sp³-hybridized carbons (Fsp3) is 0.405. The highest BCUT2D eigenvalue weighted by molar-refractivity contribution is 5.98. The van der Waals surface area contributed by atoms with E-state index in [-0.39, 0.29) is 30.2 Å². The summed E-state index contributed by atoms with van der Waals surface area (Å²) in [6.45, 7) is 5.02. The Hall–Kier alpha value is -4.54. The molecule has 1 aromatic heterocycles. The first-order valence-corrected chi connectivity index (χ1v) is 16.3. The normalized spacial score (nSPS) is 18.5. The highest BCUT2D eigenvalue weighted by Gasteiger charge is 2.49. The van der Waals surface area contributed by atoms with Crippen molar-refractivity contribution < 1.29 is 24.2 Å². The van der Waals surface area contributed by atoms with E-state index in [2.05, 4.69) is 47.1 Å². The van der Waals surface area contributed by atoms with Gasteiger partial charge in [0.15, 0.2) is 11.5 Å². The number of likely N-dealkylation sites (N-methyl/N-ethyl adjacent to an activating group) is 1. The number of hydrogen-bond acceptors (Lipinski definition) is 7. The number of ether oxygens (including phenoxy) is 2. The van der Waals surface area contributed by atoms with Crippen molar-refractivity contribution in [3.8, 4) is 17.2 Å². The third-order valence-electron chi connectivity index (χ3n) is 9.31. The van der Waals surface area contributed by atoms with Crippen LogP contribution in [0.15, 0.2) is 66.7 Å². The zero-order valence-corrected chi connectivity index (χ0v) is 27.9. The number of fused-ring (bicyclic) bond motifs is 4. The summed E-state index contributed by atoms with van der Waals surface area (Å²) in [7, 11) is 7.66. The SMILES string of the molecule is COc1cc(C2c3[nH]c4ccccc4c3C[C@@H]3C(=O)N(C(C)CN(C)Cc4ccc(OCCCN(C)C)cc4)CC(=O)N23)ccc1O. The maximum absolute atomic E-state index is 14.3. The minimum Gasteiger partial charge on any atom is -0.504 e. The maximum Gasteiger partial charge on any atom is 0.246 e. The van der Waals surface area contributed by atoms with Crippen molar-refractivity contribution in [2.24, 2.45) is 0 Å². The second-order valence-electron chi connectivity index (χ2n) is 13.1. The number of nitrogens with one attached hydrogen (secondary N) is 1. The van der Waals surface area contributed by atoms with Crippen LogP contribution >= 0.6 is 0 Å². The number of H-pyrrole nitrogens is 1. The van der Waals surface area contributed by atoms with Crippen molar-refractivity contribution in [3.63, 3.8) is 0 Å². The van der Waals surface area contributed by atoms with Crippen LogP contribution in [-0.4, -0.2) is 108 Å². The molecule has 4 aromatic rings. The number of phenols is 1. The summed E-state index contributed by atoms with van der Waals surface area (Å²) in [5, 5.41) is 11.4. The topological polar surface area (TPSA) is 102 Å². The van der Waals surface area contributed by atoms with E-state index in [4.69, 9.17) is 9.47 Å². The molecule has 0 bridgehead atoms. The van der Waals surface area contributed by atoms with Gasteiger partial charge in [0.1, 0.15) is 18.3 Å². The molecule has 2 amide bonds. The summed E-state index contributed by atoms with van der Waals surface area (Å²) < 4.78 is 11.3. The molecule has 2 N–H and O–H groups in total. The zero-order chi connectivity index (χ0) is 33.2. The second kappa shape index (κ2) is 13.7. The Bertz CT molecular complexity index is 1730. The monoisotopic (exact) mass is 639 g/mol. The van der Waals surface area contributed by atoms with Crippen LogP contribution in [0.5, 0.6) is 17.2 Å². The maximum atomic E-state index is 14.3. The fourth-order valence-electron chi connectivity index (χ4n) is 7.06. The van der Waals surface area contributed by atoms with E-state index >= 15 is 0 Å². The smallest absolute Gasteiger partial charge is 0.246 e. The molecular weight excluding hydrogens is 594 g/mol. The van der Waals surface area contributed by atoms with Gasteiger partial charge in [-0.15, -0.1) is 0 Å². The summed E-state index contributed by atoms with van der Waals surface area (Å²) in [4.78, 5) is 39.7. The number of carbonyl (C=O) groups is 2. The summed E-state index contributed by atoms with van der Waals surface area (Å²) >= 11 is 0. The van der Waals surface area contributed by atoms with Gasteiger partial charge in [-0.1, -0.05) is 36.4 Å². The molecular formula is C37H45N5O5. The first-order chi connectivity index (χ1) is 22.6. The van der Waals surface area contributed by atoms with Crippen LogP contribution in [0, 0.1) is 0 Å². The summed E-state index contributed by atoms with van der Waals surface area (Å²) in [6, 6.07) is 20.0. The van der Waals surface area contributed by atoms with E-state index in [1.165, 1.54) is 7.11 Å². The lowest BCUT2D eigenvalue weighted by Gasteiger charge is -2.48. The molecule has 2 aliphatic heterocycles. The van der Waals surface area contributed by atoms with E-state index < -0.39 is 12.1 Å². The standard InChI is InChI=1S/C37H45N5O5/c1-24(21-40(4)22-25-11-14-27(15-12-25)47-18-8-17-39(2)3)41-23-34(44)42-31(37(41)45)20-29-28-9-6-7-10-30(28)38-35(29)36(42)26-13-16-32(43)33(19-26)46-5/h6-7,9-16,19,24,31,36,38,43H,8,17-18,20-23H2,1-5H3/t24?,31-,36?/m1/s1.